The summed E-state index contributed by atoms with van der Waals surface area (Å²) in [5.74, 6) is 0.662. The molecular formula is C20H21N3. The molecule has 0 bridgehead atoms. The monoisotopic (exact) mass is 303 g/mol. The number of benzene rings is 2. The van der Waals surface area contributed by atoms with Crippen molar-refractivity contribution < 1.29 is 0 Å². The Labute approximate surface area is 137 Å². The molecule has 1 aliphatic rings. The Hall–Kier alpha value is -2.60. The summed E-state index contributed by atoms with van der Waals surface area (Å²) < 4.78 is 0. The van der Waals surface area contributed by atoms with Gasteiger partial charge < -0.3 is 4.90 Å². The zero-order chi connectivity index (χ0) is 16.2. The predicted octanol–water partition coefficient (Wildman–Crippen LogP) is 4.51. The number of nitrogens with zero attached hydrogens (tertiary/aromatic N) is 2. The number of anilines is 1. The lowest BCUT2D eigenvalue weighted by molar-refractivity contribution is 0.589. The maximum absolute atomic E-state index is 9.19. The third kappa shape index (κ3) is 3.12. The van der Waals surface area contributed by atoms with Gasteiger partial charge in [0.2, 0.25) is 0 Å². The summed E-state index contributed by atoms with van der Waals surface area (Å²) in [7, 11) is 0. The number of fused-ring (bicyclic) bond motifs is 1. The predicted molar refractivity (Wildman–Crippen MR) is 93.6 cm³/mol. The molecule has 1 unspecified atom stereocenters. The molecule has 0 amide bonds. The molecule has 1 atom stereocenters. The largest absolute Gasteiger partial charge is 0.322 e. The third-order valence-corrected chi connectivity index (χ3v) is 4.42. The fourth-order valence-electron chi connectivity index (χ4n) is 3.16. The van der Waals surface area contributed by atoms with Gasteiger partial charge in [-0.05, 0) is 36.1 Å². The topological polar surface area (TPSA) is 50.9 Å². The maximum Gasteiger partial charge on any atom is 0.133 e. The molecule has 2 aromatic rings. The normalized spacial score (nSPS) is 14.4. The number of hydrogen-bond donors (Lipinski definition) is 1. The summed E-state index contributed by atoms with van der Waals surface area (Å²) in [5, 5.41) is 17.6. The summed E-state index contributed by atoms with van der Waals surface area (Å²) in [5.41, 5.74) is 4.45. The van der Waals surface area contributed by atoms with E-state index in [0.29, 0.717) is 5.84 Å². The van der Waals surface area contributed by atoms with Gasteiger partial charge in [-0.1, -0.05) is 49.7 Å². The van der Waals surface area contributed by atoms with Crippen LogP contribution in [0.2, 0.25) is 0 Å². The number of nitrogens with one attached hydrogen (secondary N) is 1. The molecule has 2 aromatic carbocycles. The van der Waals surface area contributed by atoms with Crippen molar-refractivity contribution in [3.8, 4) is 6.07 Å². The van der Waals surface area contributed by atoms with Gasteiger partial charge in [0.05, 0.1) is 18.5 Å². The van der Waals surface area contributed by atoms with Crippen LogP contribution < -0.4 is 4.90 Å². The van der Waals surface area contributed by atoms with E-state index in [-0.39, 0.29) is 5.92 Å². The highest BCUT2D eigenvalue weighted by Crippen LogP contribution is 2.28. The van der Waals surface area contributed by atoms with Crippen molar-refractivity contribution in [2.45, 2.75) is 32.7 Å². The zero-order valence-electron chi connectivity index (χ0n) is 13.4. The minimum atomic E-state index is 0.0974. The summed E-state index contributed by atoms with van der Waals surface area (Å²) in [6.07, 6.45) is 2.80. The lowest BCUT2D eigenvalue weighted by Gasteiger charge is -2.18. The van der Waals surface area contributed by atoms with E-state index in [2.05, 4.69) is 43.3 Å². The second kappa shape index (κ2) is 6.66. The molecule has 3 heteroatoms. The molecular weight excluding hydrogens is 282 g/mol. The van der Waals surface area contributed by atoms with Gasteiger partial charge in [-0.15, -0.1) is 0 Å². The lowest BCUT2D eigenvalue weighted by atomic mass is 9.96. The molecule has 3 rings (SSSR count). The summed E-state index contributed by atoms with van der Waals surface area (Å²) in [6.45, 7) is 2.87. The van der Waals surface area contributed by atoms with Crippen LogP contribution in [0.1, 0.15) is 36.5 Å². The lowest BCUT2D eigenvalue weighted by Crippen LogP contribution is -2.22. The van der Waals surface area contributed by atoms with E-state index in [1.807, 2.05) is 23.1 Å². The molecule has 1 aliphatic heterocycles. The molecule has 0 aliphatic carbocycles. The molecule has 0 saturated heterocycles. The van der Waals surface area contributed by atoms with Crippen molar-refractivity contribution in [3.63, 3.8) is 0 Å². The maximum atomic E-state index is 9.19. The fourth-order valence-corrected chi connectivity index (χ4v) is 3.16. The Morgan fingerprint density at radius 1 is 1.17 bits per heavy atom. The van der Waals surface area contributed by atoms with Crippen molar-refractivity contribution in [3.05, 3.63) is 65.2 Å². The Morgan fingerprint density at radius 3 is 2.57 bits per heavy atom. The standard InChI is InChI=1S/C20H21N3/c1-2-5-16(13-21)12-15-8-10-18(11-9-15)23-14-17-6-3-4-7-19(17)20(23)22/h3-4,6-11,16,22H,2,5,12,14H2,1H3. The van der Waals surface area contributed by atoms with Crippen LogP contribution in [0.4, 0.5) is 5.69 Å². The third-order valence-electron chi connectivity index (χ3n) is 4.42. The smallest absolute Gasteiger partial charge is 0.133 e. The molecule has 23 heavy (non-hydrogen) atoms. The van der Waals surface area contributed by atoms with Gasteiger partial charge in [0.1, 0.15) is 5.84 Å². The van der Waals surface area contributed by atoms with E-state index in [4.69, 9.17) is 5.41 Å². The summed E-state index contributed by atoms with van der Waals surface area (Å²) in [6, 6.07) is 18.8. The average molecular weight is 303 g/mol. The Morgan fingerprint density at radius 2 is 1.91 bits per heavy atom. The molecule has 116 valence electrons. The molecule has 1 N–H and O–H groups in total. The molecule has 0 radical (unpaired) electrons. The van der Waals surface area contributed by atoms with Crippen LogP contribution in [0.5, 0.6) is 0 Å². The van der Waals surface area contributed by atoms with Gasteiger partial charge in [-0.25, -0.2) is 0 Å². The fraction of sp³-hybridized carbons (Fsp3) is 0.300. The number of rotatable bonds is 5. The highest BCUT2D eigenvalue weighted by atomic mass is 15.2. The van der Waals surface area contributed by atoms with E-state index < -0.39 is 0 Å². The first-order chi connectivity index (χ1) is 11.2. The number of nitriles is 1. The van der Waals surface area contributed by atoms with Gasteiger partial charge in [0.15, 0.2) is 0 Å². The van der Waals surface area contributed by atoms with Crippen molar-refractivity contribution in [1.29, 1.82) is 10.7 Å². The summed E-state index contributed by atoms with van der Waals surface area (Å²) in [4.78, 5) is 2.03. The molecule has 0 fully saturated rings. The average Bonchev–Trinajstić information content (AvgIpc) is 2.92. The van der Waals surface area contributed by atoms with E-state index in [9.17, 15) is 5.26 Å². The van der Waals surface area contributed by atoms with Crippen molar-refractivity contribution >= 4 is 11.5 Å². The van der Waals surface area contributed by atoms with Crippen molar-refractivity contribution in [2.24, 2.45) is 5.92 Å². The Kier molecular flexibility index (Phi) is 4.43. The molecule has 3 nitrogen and oxygen atoms in total. The van der Waals surface area contributed by atoms with E-state index in [0.717, 1.165) is 37.1 Å². The zero-order valence-corrected chi connectivity index (χ0v) is 13.4. The van der Waals surface area contributed by atoms with E-state index in [1.165, 1.54) is 11.1 Å². The van der Waals surface area contributed by atoms with E-state index >= 15 is 0 Å². The van der Waals surface area contributed by atoms with Crippen LogP contribution in [0.25, 0.3) is 0 Å². The SMILES string of the molecule is CCCC(C#N)Cc1ccc(N2Cc3ccccc3C2=N)cc1. The Bertz CT molecular complexity index is 740. The second-order valence-electron chi connectivity index (χ2n) is 6.08. The number of amidine groups is 1. The molecule has 0 aromatic heterocycles. The van der Waals surface area contributed by atoms with E-state index in [1.54, 1.807) is 0 Å². The first-order valence-corrected chi connectivity index (χ1v) is 8.16. The van der Waals surface area contributed by atoms with Gasteiger partial charge in [0, 0.05) is 11.3 Å². The second-order valence-corrected chi connectivity index (χ2v) is 6.08. The van der Waals surface area contributed by atoms with Gasteiger partial charge in [0.25, 0.3) is 0 Å². The Balaban J connectivity index is 1.74. The van der Waals surface area contributed by atoms with Gasteiger partial charge >= 0.3 is 0 Å². The van der Waals surface area contributed by atoms with Crippen molar-refractivity contribution in [1.82, 2.24) is 0 Å². The minimum Gasteiger partial charge on any atom is -0.322 e. The highest BCUT2D eigenvalue weighted by Gasteiger charge is 2.24. The van der Waals surface area contributed by atoms with Crippen LogP contribution in [0.15, 0.2) is 48.5 Å². The van der Waals surface area contributed by atoms with Crippen LogP contribution in [0, 0.1) is 22.7 Å². The molecule has 0 spiro atoms. The molecule has 0 saturated carbocycles. The van der Waals surface area contributed by atoms with Crippen LogP contribution in [0.3, 0.4) is 0 Å². The van der Waals surface area contributed by atoms with Crippen LogP contribution in [-0.2, 0) is 13.0 Å². The first-order valence-electron chi connectivity index (χ1n) is 8.16. The quantitative estimate of drug-likeness (QED) is 0.883. The minimum absolute atomic E-state index is 0.0974. The van der Waals surface area contributed by atoms with Gasteiger partial charge in [-0.3, -0.25) is 5.41 Å². The first kappa shape index (κ1) is 15.3. The highest BCUT2D eigenvalue weighted by molar-refractivity contribution is 6.11. The van der Waals surface area contributed by atoms with Crippen LogP contribution in [-0.4, -0.2) is 5.84 Å². The summed E-state index contributed by atoms with van der Waals surface area (Å²) >= 11 is 0. The van der Waals surface area contributed by atoms with Crippen LogP contribution >= 0.6 is 0 Å². The van der Waals surface area contributed by atoms with Gasteiger partial charge in [-0.2, -0.15) is 5.26 Å². The molecule has 1 heterocycles. The van der Waals surface area contributed by atoms with Crippen molar-refractivity contribution in [2.75, 3.05) is 4.90 Å². The number of hydrogen-bond acceptors (Lipinski definition) is 2.